The van der Waals surface area contributed by atoms with E-state index in [0.29, 0.717) is 36.6 Å². The van der Waals surface area contributed by atoms with Crippen LogP contribution in [0.15, 0.2) is 30.3 Å². The zero-order valence-corrected chi connectivity index (χ0v) is 16.8. The van der Waals surface area contributed by atoms with Crippen molar-refractivity contribution in [3.63, 3.8) is 0 Å². The third-order valence-corrected chi connectivity index (χ3v) is 4.85. The SMILES string of the molecule is CC(C)(O)CCOc1cc(C(=O)N2CCC[C@@H](N)C2)nn1-c1ccc(C#N)cc1. The summed E-state index contributed by atoms with van der Waals surface area (Å²) in [6.07, 6.45) is 2.21. The van der Waals surface area contributed by atoms with Gasteiger partial charge in [-0.25, -0.2) is 4.68 Å². The summed E-state index contributed by atoms with van der Waals surface area (Å²) in [7, 11) is 0. The third-order valence-electron chi connectivity index (χ3n) is 4.85. The van der Waals surface area contributed by atoms with Gasteiger partial charge in [-0.15, -0.1) is 0 Å². The van der Waals surface area contributed by atoms with Crippen molar-refractivity contribution >= 4 is 5.91 Å². The highest BCUT2D eigenvalue weighted by atomic mass is 16.5. The fourth-order valence-electron chi connectivity index (χ4n) is 3.20. The smallest absolute Gasteiger partial charge is 0.274 e. The molecule has 1 amide bonds. The standard InChI is InChI=1S/C21H27N5O3/c1-21(2,28)9-11-29-19-12-18(20(27)25-10-3-4-16(23)14-25)24-26(19)17-7-5-15(13-22)6-8-17/h5-8,12,16,28H,3-4,9-11,14,23H2,1-2H3/t16-/m1/s1. The molecule has 8 heteroatoms. The minimum Gasteiger partial charge on any atom is -0.477 e. The van der Waals surface area contributed by atoms with E-state index < -0.39 is 5.60 Å². The Morgan fingerprint density at radius 1 is 1.41 bits per heavy atom. The number of hydrogen-bond acceptors (Lipinski definition) is 6. The van der Waals surface area contributed by atoms with Crippen LogP contribution >= 0.6 is 0 Å². The Labute approximate surface area is 170 Å². The summed E-state index contributed by atoms with van der Waals surface area (Å²) in [5.74, 6) is 0.225. The molecule has 1 aromatic carbocycles. The summed E-state index contributed by atoms with van der Waals surface area (Å²) in [5.41, 5.74) is 6.64. The molecule has 1 fully saturated rings. The summed E-state index contributed by atoms with van der Waals surface area (Å²) in [6, 6.07) is 10.5. The number of carbonyl (C=O) groups excluding carboxylic acids is 1. The maximum atomic E-state index is 12.9. The van der Waals surface area contributed by atoms with Gasteiger partial charge in [-0.05, 0) is 51.0 Å². The number of rotatable bonds is 6. The fourth-order valence-corrected chi connectivity index (χ4v) is 3.20. The molecule has 1 atom stereocenters. The van der Waals surface area contributed by atoms with Gasteiger partial charge in [0.1, 0.15) is 0 Å². The molecule has 0 aliphatic carbocycles. The van der Waals surface area contributed by atoms with Crippen LogP contribution in [0.4, 0.5) is 0 Å². The Morgan fingerprint density at radius 2 is 2.14 bits per heavy atom. The fraction of sp³-hybridized carbons (Fsp3) is 0.476. The van der Waals surface area contributed by atoms with Gasteiger partial charge >= 0.3 is 0 Å². The average Bonchev–Trinajstić information content (AvgIpc) is 3.10. The molecule has 0 saturated carbocycles. The highest BCUT2D eigenvalue weighted by Gasteiger charge is 2.26. The highest BCUT2D eigenvalue weighted by molar-refractivity contribution is 5.92. The number of carbonyl (C=O) groups is 1. The van der Waals surface area contributed by atoms with Crippen molar-refractivity contribution in [2.75, 3.05) is 19.7 Å². The summed E-state index contributed by atoms with van der Waals surface area (Å²) < 4.78 is 7.39. The summed E-state index contributed by atoms with van der Waals surface area (Å²) in [6.45, 7) is 4.86. The molecule has 2 heterocycles. The third kappa shape index (κ3) is 5.34. The van der Waals surface area contributed by atoms with Crippen LogP contribution in [-0.2, 0) is 0 Å². The molecule has 0 radical (unpaired) electrons. The number of hydrogen-bond donors (Lipinski definition) is 2. The van der Waals surface area contributed by atoms with Gasteiger partial charge in [-0.3, -0.25) is 4.79 Å². The lowest BCUT2D eigenvalue weighted by atomic mass is 10.1. The van der Waals surface area contributed by atoms with Crippen molar-refractivity contribution in [3.05, 3.63) is 41.6 Å². The number of nitrogens with zero attached hydrogens (tertiary/aromatic N) is 4. The van der Waals surface area contributed by atoms with Gasteiger partial charge in [0.25, 0.3) is 5.91 Å². The Kier molecular flexibility index (Phi) is 6.20. The average molecular weight is 397 g/mol. The van der Waals surface area contributed by atoms with Gasteiger partial charge in [0.2, 0.25) is 5.88 Å². The van der Waals surface area contributed by atoms with E-state index in [2.05, 4.69) is 11.2 Å². The van der Waals surface area contributed by atoms with Crippen molar-refractivity contribution in [1.29, 1.82) is 5.26 Å². The second-order valence-corrected chi connectivity index (χ2v) is 8.00. The maximum absolute atomic E-state index is 12.9. The predicted octanol–water partition coefficient (Wildman–Crippen LogP) is 1.85. The molecule has 1 aliphatic heterocycles. The molecule has 29 heavy (non-hydrogen) atoms. The van der Waals surface area contributed by atoms with Crippen LogP contribution in [-0.4, -0.2) is 57.0 Å². The van der Waals surface area contributed by atoms with Crippen molar-refractivity contribution in [1.82, 2.24) is 14.7 Å². The molecule has 0 unspecified atom stereocenters. The number of piperidine rings is 1. The summed E-state index contributed by atoms with van der Waals surface area (Å²) >= 11 is 0. The van der Waals surface area contributed by atoms with Crippen molar-refractivity contribution in [2.24, 2.45) is 5.73 Å². The number of amides is 1. The number of aliphatic hydroxyl groups is 1. The minimum absolute atomic E-state index is 0.0178. The first-order valence-corrected chi connectivity index (χ1v) is 9.77. The zero-order chi connectivity index (χ0) is 21.0. The minimum atomic E-state index is -0.859. The van der Waals surface area contributed by atoms with Crippen LogP contribution in [0.5, 0.6) is 5.88 Å². The monoisotopic (exact) mass is 397 g/mol. The Hall–Kier alpha value is -2.89. The number of ether oxygens (including phenoxy) is 1. The Bertz CT molecular complexity index is 893. The van der Waals surface area contributed by atoms with Crippen LogP contribution in [0.2, 0.25) is 0 Å². The number of nitriles is 1. The first-order valence-electron chi connectivity index (χ1n) is 9.77. The molecule has 1 aliphatic rings. The van der Waals surface area contributed by atoms with Crippen molar-refractivity contribution < 1.29 is 14.6 Å². The van der Waals surface area contributed by atoms with Crippen molar-refractivity contribution in [2.45, 2.75) is 44.8 Å². The molecular weight excluding hydrogens is 370 g/mol. The van der Waals surface area contributed by atoms with E-state index >= 15 is 0 Å². The molecule has 0 spiro atoms. The molecule has 3 rings (SSSR count). The molecule has 1 saturated heterocycles. The van der Waals surface area contributed by atoms with E-state index in [1.807, 2.05) is 0 Å². The molecule has 1 aromatic heterocycles. The molecule has 3 N–H and O–H groups in total. The van der Waals surface area contributed by atoms with Gasteiger partial charge in [0, 0.05) is 31.6 Å². The number of nitrogens with two attached hydrogens (primary N) is 1. The highest BCUT2D eigenvalue weighted by Crippen LogP contribution is 2.23. The van der Waals surface area contributed by atoms with Crippen LogP contribution in [0.25, 0.3) is 5.69 Å². The predicted molar refractivity (Wildman–Crippen MR) is 108 cm³/mol. The van der Waals surface area contributed by atoms with Gasteiger partial charge in [0.15, 0.2) is 5.69 Å². The molecular formula is C21H27N5O3. The molecule has 154 valence electrons. The number of benzene rings is 1. The second kappa shape index (κ2) is 8.64. The second-order valence-electron chi connectivity index (χ2n) is 8.00. The lowest BCUT2D eigenvalue weighted by Crippen LogP contribution is -2.45. The van der Waals surface area contributed by atoms with Crippen LogP contribution in [0.1, 0.15) is 49.2 Å². The first-order chi connectivity index (χ1) is 13.8. The Balaban J connectivity index is 1.87. The van der Waals surface area contributed by atoms with Gasteiger partial charge in [-0.1, -0.05) is 0 Å². The van der Waals surface area contributed by atoms with E-state index in [1.165, 1.54) is 0 Å². The van der Waals surface area contributed by atoms with E-state index in [1.54, 1.807) is 53.8 Å². The largest absolute Gasteiger partial charge is 0.477 e. The number of aromatic nitrogens is 2. The Morgan fingerprint density at radius 3 is 2.76 bits per heavy atom. The summed E-state index contributed by atoms with van der Waals surface area (Å²) in [5, 5.41) is 23.4. The van der Waals surface area contributed by atoms with Crippen LogP contribution in [0.3, 0.4) is 0 Å². The van der Waals surface area contributed by atoms with Crippen LogP contribution in [0, 0.1) is 11.3 Å². The lowest BCUT2D eigenvalue weighted by Gasteiger charge is -2.30. The van der Waals surface area contributed by atoms with Gasteiger partial charge in [0.05, 0.1) is 29.5 Å². The van der Waals surface area contributed by atoms with E-state index in [-0.39, 0.29) is 24.2 Å². The zero-order valence-electron chi connectivity index (χ0n) is 16.8. The molecule has 2 aromatic rings. The maximum Gasteiger partial charge on any atom is 0.274 e. The topological polar surface area (TPSA) is 117 Å². The van der Waals surface area contributed by atoms with E-state index in [4.69, 9.17) is 15.7 Å². The van der Waals surface area contributed by atoms with Crippen LogP contribution < -0.4 is 10.5 Å². The van der Waals surface area contributed by atoms with Gasteiger partial charge in [-0.2, -0.15) is 10.4 Å². The lowest BCUT2D eigenvalue weighted by molar-refractivity contribution is 0.0542. The summed E-state index contributed by atoms with van der Waals surface area (Å²) in [4.78, 5) is 14.7. The molecule has 0 bridgehead atoms. The van der Waals surface area contributed by atoms with Gasteiger partial charge < -0.3 is 20.5 Å². The molecule has 8 nitrogen and oxygen atoms in total. The van der Waals surface area contributed by atoms with E-state index in [9.17, 15) is 9.90 Å². The quantitative estimate of drug-likeness (QED) is 0.768. The first kappa shape index (κ1) is 20.8. The van der Waals surface area contributed by atoms with E-state index in [0.717, 1.165) is 12.8 Å². The van der Waals surface area contributed by atoms with Crippen molar-refractivity contribution in [3.8, 4) is 17.6 Å². The normalized spacial score (nSPS) is 17.1. The number of likely N-dealkylation sites (tertiary alicyclic amines) is 1.